The number of nitrogens with one attached hydrogen (secondary N) is 1. The van der Waals surface area contributed by atoms with Crippen LogP contribution in [0.25, 0.3) is 0 Å². The molecule has 0 aliphatic carbocycles. The Kier molecular flexibility index (Phi) is 4.52. The number of rotatable bonds is 5. The van der Waals surface area contributed by atoms with Gasteiger partial charge in [0.2, 0.25) is 0 Å². The van der Waals surface area contributed by atoms with E-state index in [1.54, 1.807) is 0 Å². The summed E-state index contributed by atoms with van der Waals surface area (Å²) in [5, 5.41) is 16.0. The van der Waals surface area contributed by atoms with Crippen LogP contribution in [0, 0.1) is 0 Å². The van der Waals surface area contributed by atoms with E-state index in [1.165, 1.54) is 13.2 Å². The minimum absolute atomic E-state index is 0.120. The molecular weight excluding hydrogens is 252 g/mol. The zero-order chi connectivity index (χ0) is 13.7. The molecule has 0 unspecified atom stereocenters. The van der Waals surface area contributed by atoms with Gasteiger partial charge in [0.25, 0.3) is 5.91 Å². The summed E-state index contributed by atoms with van der Waals surface area (Å²) >= 11 is 0. The number of amides is 1. The molecule has 1 aliphatic heterocycles. The second-order valence-electron chi connectivity index (χ2n) is 4.62. The maximum Gasteiger partial charge on any atom is 0.273 e. The van der Waals surface area contributed by atoms with E-state index in [0.717, 1.165) is 0 Å². The molecule has 1 saturated heterocycles. The third-order valence-corrected chi connectivity index (χ3v) is 3.21. The summed E-state index contributed by atoms with van der Waals surface area (Å²) in [7, 11) is 1.53. The second kappa shape index (κ2) is 6.14. The van der Waals surface area contributed by atoms with Crippen LogP contribution in [0.3, 0.4) is 0 Å². The number of hydrogen-bond donors (Lipinski definition) is 2. The largest absolute Gasteiger partial charge is 0.394 e. The molecule has 7 heteroatoms. The average Bonchev–Trinajstić information content (AvgIpc) is 2.89. The molecule has 1 aromatic rings. The van der Waals surface area contributed by atoms with Crippen LogP contribution in [0.4, 0.5) is 0 Å². The van der Waals surface area contributed by atoms with E-state index < -0.39 is 5.54 Å². The number of aliphatic hydroxyl groups excluding tert-OH is 1. The van der Waals surface area contributed by atoms with Crippen molar-refractivity contribution in [2.45, 2.75) is 25.0 Å². The van der Waals surface area contributed by atoms with Crippen molar-refractivity contribution in [3.05, 3.63) is 17.5 Å². The van der Waals surface area contributed by atoms with Crippen LogP contribution in [-0.2, 0) is 16.1 Å². The molecule has 0 saturated carbocycles. The lowest BCUT2D eigenvalue weighted by Crippen LogP contribution is -2.54. The third-order valence-electron chi connectivity index (χ3n) is 3.21. The average molecular weight is 270 g/mol. The minimum atomic E-state index is -0.629. The first-order valence-electron chi connectivity index (χ1n) is 6.15. The Morgan fingerprint density at radius 2 is 2.32 bits per heavy atom. The van der Waals surface area contributed by atoms with Gasteiger partial charge in [0.1, 0.15) is 6.61 Å². The SMILES string of the molecule is COCc1cc(C(=O)NC2(CO)CCOCC2)no1. The van der Waals surface area contributed by atoms with Crippen LogP contribution in [-0.4, -0.2) is 48.6 Å². The van der Waals surface area contributed by atoms with Gasteiger partial charge in [0, 0.05) is 26.4 Å². The molecule has 2 rings (SSSR count). The Morgan fingerprint density at radius 1 is 1.58 bits per heavy atom. The van der Waals surface area contributed by atoms with Crippen LogP contribution >= 0.6 is 0 Å². The van der Waals surface area contributed by atoms with Gasteiger partial charge in [-0.05, 0) is 12.8 Å². The van der Waals surface area contributed by atoms with Crippen molar-refractivity contribution in [1.29, 1.82) is 0 Å². The van der Waals surface area contributed by atoms with Crippen LogP contribution in [0.15, 0.2) is 10.6 Å². The number of carbonyl (C=O) groups is 1. The molecule has 1 aromatic heterocycles. The number of aromatic nitrogens is 1. The van der Waals surface area contributed by atoms with Crippen molar-refractivity contribution in [1.82, 2.24) is 10.5 Å². The maximum atomic E-state index is 12.1. The van der Waals surface area contributed by atoms with Crippen molar-refractivity contribution < 1.29 is 23.9 Å². The first-order chi connectivity index (χ1) is 9.19. The summed E-state index contributed by atoms with van der Waals surface area (Å²) in [6, 6.07) is 1.53. The number of aliphatic hydroxyl groups is 1. The van der Waals surface area contributed by atoms with E-state index >= 15 is 0 Å². The van der Waals surface area contributed by atoms with Crippen molar-refractivity contribution in [3.63, 3.8) is 0 Å². The van der Waals surface area contributed by atoms with Gasteiger partial charge in [0.05, 0.1) is 12.1 Å². The van der Waals surface area contributed by atoms with Crippen molar-refractivity contribution in [3.8, 4) is 0 Å². The van der Waals surface area contributed by atoms with Gasteiger partial charge in [-0.1, -0.05) is 5.16 Å². The number of methoxy groups -OCH3 is 1. The predicted octanol–water partition coefficient (Wildman–Crippen LogP) is 0.0923. The highest BCUT2D eigenvalue weighted by atomic mass is 16.5. The van der Waals surface area contributed by atoms with Crippen LogP contribution in [0.5, 0.6) is 0 Å². The van der Waals surface area contributed by atoms with Crippen molar-refractivity contribution in [2.75, 3.05) is 26.9 Å². The lowest BCUT2D eigenvalue weighted by molar-refractivity contribution is 0.0123. The van der Waals surface area contributed by atoms with E-state index in [9.17, 15) is 9.90 Å². The molecule has 2 N–H and O–H groups in total. The fraction of sp³-hybridized carbons (Fsp3) is 0.667. The molecule has 0 spiro atoms. The maximum absolute atomic E-state index is 12.1. The summed E-state index contributed by atoms with van der Waals surface area (Å²) in [5.74, 6) is 0.125. The Morgan fingerprint density at radius 3 is 2.95 bits per heavy atom. The molecule has 2 heterocycles. The highest BCUT2D eigenvalue weighted by Crippen LogP contribution is 2.20. The van der Waals surface area contributed by atoms with Gasteiger partial charge in [-0.2, -0.15) is 0 Å². The molecule has 0 bridgehead atoms. The molecule has 1 amide bonds. The summed E-state index contributed by atoms with van der Waals surface area (Å²) in [5.41, 5.74) is -0.443. The quantitative estimate of drug-likeness (QED) is 0.787. The Hall–Kier alpha value is -1.44. The molecule has 0 radical (unpaired) electrons. The van der Waals surface area contributed by atoms with E-state index in [-0.39, 0.29) is 24.8 Å². The fourth-order valence-corrected chi connectivity index (χ4v) is 2.02. The highest BCUT2D eigenvalue weighted by molar-refractivity contribution is 5.92. The molecule has 19 heavy (non-hydrogen) atoms. The summed E-state index contributed by atoms with van der Waals surface area (Å²) in [6.07, 6.45) is 1.16. The Labute approximate surface area is 110 Å². The van der Waals surface area contributed by atoms with E-state index in [1.807, 2.05) is 0 Å². The lowest BCUT2D eigenvalue weighted by Gasteiger charge is -2.35. The first-order valence-corrected chi connectivity index (χ1v) is 6.15. The summed E-state index contributed by atoms with van der Waals surface area (Å²) in [4.78, 5) is 12.1. The van der Waals surface area contributed by atoms with E-state index in [4.69, 9.17) is 14.0 Å². The first kappa shape index (κ1) is 14.0. The zero-order valence-corrected chi connectivity index (χ0v) is 10.8. The van der Waals surface area contributed by atoms with Crippen molar-refractivity contribution in [2.24, 2.45) is 0 Å². The number of hydrogen-bond acceptors (Lipinski definition) is 6. The Bertz CT molecular complexity index is 426. The minimum Gasteiger partial charge on any atom is -0.394 e. The van der Waals surface area contributed by atoms with E-state index in [0.29, 0.717) is 31.8 Å². The topological polar surface area (TPSA) is 93.8 Å². The van der Waals surface area contributed by atoms with Crippen LogP contribution in [0.1, 0.15) is 29.1 Å². The van der Waals surface area contributed by atoms with Gasteiger partial charge >= 0.3 is 0 Å². The third kappa shape index (κ3) is 3.31. The molecule has 1 aliphatic rings. The van der Waals surface area contributed by atoms with Crippen molar-refractivity contribution >= 4 is 5.91 Å². The standard InChI is InChI=1S/C12H18N2O5/c1-17-7-9-6-10(14-19-9)11(16)13-12(8-15)2-4-18-5-3-12/h6,15H,2-5,7-8H2,1H3,(H,13,16). The molecular formula is C12H18N2O5. The summed E-state index contributed by atoms with van der Waals surface area (Å²) in [6.45, 7) is 1.19. The second-order valence-corrected chi connectivity index (χ2v) is 4.62. The van der Waals surface area contributed by atoms with Crippen LogP contribution < -0.4 is 5.32 Å². The van der Waals surface area contributed by atoms with Gasteiger partial charge < -0.3 is 24.4 Å². The monoisotopic (exact) mass is 270 g/mol. The number of carbonyl (C=O) groups excluding carboxylic acids is 1. The molecule has 1 fully saturated rings. The number of nitrogens with zero attached hydrogens (tertiary/aromatic N) is 1. The fourth-order valence-electron chi connectivity index (χ4n) is 2.02. The molecule has 0 aromatic carbocycles. The molecule has 7 nitrogen and oxygen atoms in total. The predicted molar refractivity (Wildman–Crippen MR) is 64.6 cm³/mol. The van der Waals surface area contributed by atoms with E-state index in [2.05, 4.69) is 10.5 Å². The number of ether oxygens (including phenoxy) is 2. The lowest BCUT2D eigenvalue weighted by atomic mass is 9.91. The van der Waals surface area contributed by atoms with Gasteiger partial charge in [-0.15, -0.1) is 0 Å². The smallest absolute Gasteiger partial charge is 0.273 e. The normalized spacial score (nSPS) is 18.2. The molecule has 0 atom stereocenters. The van der Waals surface area contributed by atoms with Crippen LogP contribution in [0.2, 0.25) is 0 Å². The van der Waals surface area contributed by atoms with Gasteiger partial charge in [-0.25, -0.2) is 0 Å². The molecule has 106 valence electrons. The Balaban J connectivity index is 2.02. The summed E-state index contributed by atoms with van der Waals surface area (Å²) < 4.78 is 15.1. The zero-order valence-electron chi connectivity index (χ0n) is 10.8. The highest BCUT2D eigenvalue weighted by Gasteiger charge is 2.34. The van der Waals surface area contributed by atoms with Gasteiger partial charge in [-0.3, -0.25) is 4.79 Å². The van der Waals surface area contributed by atoms with Gasteiger partial charge in [0.15, 0.2) is 11.5 Å².